The standard InChI is InChI=1S/C16H25N3O3S/c1-12(18-13-6-4-2-3-5-7-13)16(20)19-14-8-10-15(11-9-14)23(17,21)22/h8-13,18H,2-7H2,1H3,(H,19,20)(H2,17,21,22). The van der Waals surface area contributed by atoms with Gasteiger partial charge in [-0.05, 0) is 44.0 Å². The molecule has 0 heterocycles. The van der Waals surface area contributed by atoms with Crippen LogP contribution in [-0.2, 0) is 14.8 Å². The maximum absolute atomic E-state index is 12.2. The molecule has 23 heavy (non-hydrogen) atoms. The molecule has 7 heteroatoms. The number of nitrogens with two attached hydrogens (primary N) is 1. The molecule has 1 saturated carbocycles. The average molecular weight is 339 g/mol. The van der Waals surface area contributed by atoms with Crippen molar-refractivity contribution in [1.29, 1.82) is 0 Å². The van der Waals surface area contributed by atoms with Gasteiger partial charge in [0.2, 0.25) is 15.9 Å². The van der Waals surface area contributed by atoms with E-state index in [2.05, 4.69) is 10.6 Å². The lowest BCUT2D eigenvalue weighted by Crippen LogP contribution is -2.43. The maximum atomic E-state index is 12.2. The molecule has 4 N–H and O–H groups in total. The van der Waals surface area contributed by atoms with Crippen molar-refractivity contribution in [3.05, 3.63) is 24.3 Å². The number of hydrogen-bond acceptors (Lipinski definition) is 4. The van der Waals surface area contributed by atoms with Gasteiger partial charge in [0, 0.05) is 11.7 Å². The van der Waals surface area contributed by atoms with Crippen LogP contribution >= 0.6 is 0 Å². The summed E-state index contributed by atoms with van der Waals surface area (Å²) in [7, 11) is -3.71. The second kappa shape index (κ2) is 7.90. The van der Waals surface area contributed by atoms with Gasteiger partial charge in [-0.3, -0.25) is 4.79 Å². The molecule has 1 aliphatic rings. The molecule has 1 atom stereocenters. The van der Waals surface area contributed by atoms with Crippen molar-refractivity contribution in [1.82, 2.24) is 5.32 Å². The molecule has 1 unspecified atom stereocenters. The first-order valence-corrected chi connectivity index (χ1v) is 9.60. The molecule has 2 rings (SSSR count). The number of hydrogen-bond donors (Lipinski definition) is 3. The number of benzene rings is 1. The van der Waals surface area contributed by atoms with Gasteiger partial charge in [-0.15, -0.1) is 0 Å². The molecule has 1 amide bonds. The van der Waals surface area contributed by atoms with Crippen LogP contribution in [0.15, 0.2) is 29.2 Å². The van der Waals surface area contributed by atoms with E-state index in [1.807, 2.05) is 6.92 Å². The van der Waals surface area contributed by atoms with Crippen LogP contribution in [0.2, 0.25) is 0 Å². The van der Waals surface area contributed by atoms with Crippen LogP contribution < -0.4 is 15.8 Å². The fourth-order valence-electron chi connectivity index (χ4n) is 2.85. The van der Waals surface area contributed by atoms with Crippen LogP contribution in [0.25, 0.3) is 0 Å². The quantitative estimate of drug-likeness (QED) is 0.714. The van der Waals surface area contributed by atoms with E-state index in [1.165, 1.54) is 49.9 Å². The van der Waals surface area contributed by atoms with Gasteiger partial charge >= 0.3 is 0 Å². The predicted molar refractivity (Wildman–Crippen MR) is 90.5 cm³/mol. The molecular weight excluding hydrogens is 314 g/mol. The van der Waals surface area contributed by atoms with E-state index in [0.29, 0.717) is 11.7 Å². The minimum Gasteiger partial charge on any atom is -0.325 e. The summed E-state index contributed by atoms with van der Waals surface area (Å²) < 4.78 is 22.4. The van der Waals surface area contributed by atoms with E-state index in [-0.39, 0.29) is 16.8 Å². The zero-order valence-electron chi connectivity index (χ0n) is 13.4. The number of primary sulfonamides is 1. The summed E-state index contributed by atoms with van der Waals surface area (Å²) in [6, 6.07) is 5.94. The molecule has 0 saturated heterocycles. The van der Waals surface area contributed by atoms with Crippen LogP contribution in [0.1, 0.15) is 45.4 Å². The lowest BCUT2D eigenvalue weighted by molar-refractivity contribution is -0.118. The van der Waals surface area contributed by atoms with E-state index in [0.717, 1.165) is 12.8 Å². The zero-order chi connectivity index (χ0) is 16.9. The SMILES string of the molecule is CC(NC1CCCCCC1)C(=O)Nc1ccc(S(N)(=O)=O)cc1. The fraction of sp³-hybridized carbons (Fsp3) is 0.562. The highest BCUT2D eigenvalue weighted by atomic mass is 32.2. The van der Waals surface area contributed by atoms with Gasteiger partial charge in [0.1, 0.15) is 0 Å². The molecule has 0 aromatic heterocycles. The monoisotopic (exact) mass is 339 g/mol. The zero-order valence-corrected chi connectivity index (χ0v) is 14.2. The number of sulfonamides is 1. The van der Waals surface area contributed by atoms with Gasteiger partial charge < -0.3 is 10.6 Å². The molecule has 6 nitrogen and oxygen atoms in total. The molecule has 0 spiro atoms. The van der Waals surface area contributed by atoms with Gasteiger partial charge in [-0.1, -0.05) is 25.7 Å². The number of carbonyl (C=O) groups is 1. The Hall–Kier alpha value is -1.44. The maximum Gasteiger partial charge on any atom is 0.241 e. The van der Waals surface area contributed by atoms with Crippen LogP contribution in [0, 0.1) is 0 Å². The van der Waals surface area contributed by atoms with E-state index < -0.39 is 10.0 Å². The third-order valence-corrected chi connectivity index (χ3v) is 5.11. The molecule has 1 aromatic rings. The Balaban J connectivity index is 1.90. The first-order chi connectivity index (χ1) is 10.9. The number of carbonyl (C=O) groups excluding carboxylic acids is 1. The first kappa shape index (κ1) is 17.9. The summed E-state index contributed by atoms with van der Waals surface area (Å²) in [5, 5.41) is 11.2. The van der Waals surface area contributed by atoms with Gasteiger partial charge in [0.25, 0.3) is 0 Å². The number of anilines is 1. The van der Waals surface area contributed by atoms with Gasteiger partial charge in [0.05, 0.1) is 10.9 Å². The van der Waals surface area contributed by atoms with Gasteiger partial charge in [-0.25, -0.2) is 13.6 Å². The Morgan fingerprint density at radius 1 is 1.13 bits per heavy atom. The molecule has 0 radical (unpaired) electrons. The summed E-state index contributed by atoms with van der Waals surface area (Å²) in [6.45, 7) is 1.85. The largest absolute Gasteiger partial charge is 0.325 e. The topological polar surface area (TPSA) is 101 Å². The van der Waals surface area contributed by atoms with Crippen LogP contribution in [0.5, 0.6) is 0 Å². The highest BCUT2D eigenvalue weighted by Gasteiger charge is 2.19. The molecule has 128 valence electrons. The average Bonchev–Trinajstić information content (AvgIpc) is 2.75. The highest BCUT2D eigenvalue weighted by Crippen LogP contribution is 2.18. The summed E-state index contributed by atoms with van der Waals surface area (Å²) in [5.74, 6) is -0.127. The van der Waals surface area contributed by atoms with Crippen molar-refractivity contribution in [3.63, 3.8) is 0 Å². The molecule has 1 fully saturated rings. The van der Waals surface area contributed by atoms with Crippen molar-refractivity contribution in [2.24, 2.45) is 5.14 Å². The Kier molecular flexibility index (Phi) is 6.15. The van der Waals surface area contributed by atoms with Crippen molar-refractivity contribution >= 4 is 21.6 Å². The molecular formula is C16H25N3O3S. The summed E-state index contributed by atoms with van der Waals surface area (Å²) in [4.78, 5) is 12.3. The Morgan fingerprint density at radius 3 is 2.22 bits per heavy atom. The molecule has 0 bridgehead atoms. The van der Waals surface area contributed by atoms with E-state index >= 15 is 0 Å². The van der Waals surface area contributed by atoms with Crippen LogP contribution in [0.4, 0.5) is 5.69 Å². The van der Waals surface area contributed by atoms with Crippen molar-refractivity contribution in [2.45, 2.75) is 62.4 Å². The molecule has 1 aliphatic carbocycles. The fourth-order valence-corrected chi connectivity index (χ4v) is 3.37. The lowest BCUT2D eigenvalue weighted by Gasteiger charge is -2.21. The number of nitrogens with one attached hydrogen (secondary N) is 2. The Morgan fingerprint density at radius 2 is 1.70 bits per heavy atom. The van der Waals surface area contributed by atoms with Crippen molar-refractivity contribution < 1.29 is 13.2 Å². The van der Waals surface area contributed by atoms with E-state index in [1.54, 1.807) is 0 Å². The Bertz CT molecular complexity index is 620. The second-order valence-electron chi connectivity index (χ2n) is 6.14. The summed E-state index contributed by atoms with van der Waals surface area (Å²) in [5.41, 5.74) is 0.553. The van der Waals surface area contributed by atoms with E-state index in [9.17, 15) is 13.2 Å². The summed E-state index contributed by atoms with van der Waals surface area (Å²) >= 11 is 0. The van der Waals surface area contributed by atoms with Gasteiger partial charge in [-0.2, -0.15) is 0 Å². The highest BCUT2D eigenvalue weighted by molar-refractivity contribution is 7.89. The van der Waals surface area contributed by atoms with Crippen LogP contribution in [0.3, 0.4) is 0 Å². The van der Waals surface area contributed by atoms with Crippen LogP contribution in [-0.4, -0.2) is 26.4 Å². The smallest absolute Gasteiger partial charge is 0.241 e. The number of amides is 1. The molecule has 0 aliphatic heterocycles. The predicted octanol–water partition coefficient (Wildman–Crippen LogP) is 1.97. The molecule has 1 aromatic carbocycles. The number of rotatable bonds is 5. The first-order valence-electron chi connectivity index (χ1n) is 8.06. The van der Waals surface area contributed by atoms with E-state index in [4.69, 9.17) is 5.14 Å². The second-order valence-corrected chi connectivity index (χ2v) is 7.70. The summed E-state index contributed by atoms with van der Waals surface area (Å²) in [6.07, 6.45) is 7.19. The minimum atomic E-state index is -3.71. The normalized spacial score (nSPS) is 18.2. The van der Waals surface area contributed by atoms with Gasteiger partial charge in [0.15, 0.2) is 0 Å². The van der Waals surface area contributed by atoms with Crippen molar-refractivity contribution in [2.75, 3.05) is 5.32 Å². The Labute approximate surface area is 137 Å². The lowest BCUT2D eigenvalue weighted by atomic mass is 10.1. The minimum absolute atomic E-state index is 0.0279. The third-order valence-electron chi connectivity index (χ3n) is 4.18. The van der Waals surface area contributed by atoms with Crippen molar-refractivity contribution in [3.8, 4) is 0 Å². The third kappa shape index (κ3) is 5.60.